The molecule has 0 heterocycles. The summed E-state index contributed by atoms with van der Waals surface area (Å²) in [7, 11) is 0. The Kier molecular flexibility index (Phi) is 57.7. The van der Waals surface area contributed by atoms with Crippen LogP contribution in [0.4, 0.5) is 0 Å². The average molecular weight is 996 g/mol. The zero-order valence-electron chi connectivity index (χ0n) is 47.5. The van der Waals surface area contributed by atoms with Crippen molar-refractivity contribution in [1.82, 2.24) is 0 Å². The molecule has 0 aromatic rings. The van der Waals surface area contributed by atoms with Crippen molar-refractivity contribution in [2.24, 2.45) is 0 Å². The molecule has 0 amide bonds. The number of carbonyl (C=O) groups excluding carboxylic acids is 3. The molecule has 0 saturated heterocycles. The molecule has 6 heteroatoms. The molecule has 0 aromatic carbocycles. The molecule has 1 unspecified atom stereocenters. The second-order valence-electron chi connectivity index (χ2n) is 21.0. The van der Waals surface area contributed by atoms with Crippen molar-refractivity contribution in [2.75, 3.05) is 13.2 Å². The highest BCUT2D eigenvalue weighted by Crippen LogP contribution is 2.16. The van der Waals surface area contributed by atoms with Crippen molar-refractivity contribution in [2.45, 2.75) is 335 Å². The summed E-state index contributed by atoms with van der Waals surface area (Å²) in [6.45, 7) is 6.64. The van der Waals surface area contributed by atoms with Gasteiger partial charge in [-0.3, -0.25) is 14.4 Å². The van der Waals surface area contributed by atoms with Gasteiger partial charge in [0.05, 0.1) is 0 Å². The minimum atomic E-state index is -0.779. The van der Waals surface area contributed by atoms with Crippen molar-refractivity contribution >= 4 is 17.9 Å². The maximum absolute atomic E-state index is 12.9. The first-order chi connectivity index (χ1) is 35.0. The van der Waals surface area contributed by atoms with E-state index in [9.17, 15) is 14.4 Å². The van der Waals surface area contributed by atoms with Gasteiger partial charge in [0.2, 0.25) is 0 Å². The van der Waals surface area contributed by atoms with Crippen LogP contribution in [0, 0.1) is 0 Å². The molecule has 6 nitrogen and oxygen atoms in total. The highest BCUT2D eigenvalue weighted by atomic mass is 16.6. The topological polar surface area (TPSA) is 78.9 Å². The van der Waals surface area contributed by atoms with Crippen LogP contribution in [-0.2, 0) is 28.6 Å². The van der Waals surface area contributed by atoms with Gasteiger partial charge in [0.1, 0.15) is 13.2 Å². The van der Waals surface area contributed by atoms with E-state index in [-0.39, 0.29) is 31.1 Å². The van der Waals surface area contributed by atoms with Crippen LogP contribution in [0.25, 0.3) is 0 Å². The first kappa shape index (κ1) is 68.4. The fraction of sp³-hybridized carbons (Fsp3) is 0.831. The van der Waals surface area contributed by atoms with Gasteiger partial charge in [-0.25, -0.2) is 0 Å². The number of ether oxygens (including phenoxy) is 3. The SMILES string of the molecule is CCCCC/C=C\C/C=C\CCCCCCCCCCCC(=O)OCC(COC(=O)CCCCCCCCC/C=C\CCCCCCCC)OC(=O)CCCCCCCCC/C=C\CCCCCCCC. The minimum absolute atomic E-state index is 0.0763. The highest BCUT2D eigenvalue weighted by Gasteiger charge is 2.19. The summed E-state index contributed by atoms with van der Waals surface area (Å²) in [6.07, 6.45) is 73.9. The molecule has 1 atom stereocenters. The van der Waals surface area contributed by atoms with Gasteiger partial charge in [-0.05, 0) is 103 Å². The molecule has 0 rings (SSSR count). The molecule has 0 aromatic heterocycles. The molecule has 0 aliphatic heterocycles. The number of allylic oxidation sites excluding steroid dienone is 8. The van der Waals surface area contributed by atoms with Gasteiger partial charge in [0, 0.05) is 19.3 Å². The van der Waals surface area contributed by atoms with Gasteiger partial charge < -0.3 is 14.2 Å². The lowest BCUT2D eigenvalue weighted by Gasteiger charge is -2.18. The third-order valence-corrected chi connectivity index (χ3v) is 13.8. The third kappa shape index (κ3) is 58.1. The van der Waals surface area contributed by atoms with E-state index in [2.05, 4.69) is 69.4 Å². The first-order valence-corrected chi connectivity index (χ1v) is 31.1. The van der Waals surface area contributed by atoms with E-state index < -0.39 is 6.10 Å². The number of carbonyl (C=O) groups is 3. The summed E-state index contributed by atoms with van der Waals surface area (Å²) in [5.41, 5.74) is 0. The maximum atomic E-state index is 12.9. The molecule has 0 aliphatic carbocycles. The van der Waals surface area contributed by atoms with E-state index in [1.807, 2.05) is 0 Å². The Morgan fingerprint density at radius 3 is 0.817 bits per heavy atom. The van der Waals surface area contributed by atoms with Crippen molar-refractivity contribution in [3.8, 4) is 0 Å². The van der Waals surface area contributed by atoms with Gasteiger partial charge >= 0.3 is 17.9 Å². The number of hydrogen-bond acceptors (Lipinski definition) is 6. The number of hydrogen-bond donors (Lipinski definition) is 0. The summed E-state index contributed by atoms with van der Waals surface area (Å²) < 4.78 is 16.9. The Morgan fingerprint density at radius 2 is 0.507 bits per heavy atom. The van der Waals surface area contributed by atoms with Crippen LogP contribution in [0.3, 0.4) is 0 Å². The number of unbranched alkanes of at least 4 members (excludes halogenated alkanes) is 38. The fourth-order valence-corrected chi connectivity index (χ4v) is 9.05. The molecular weight excluding hydrogens is 877 g/mol. The normalized spacial score (nSPS) is 12.3. The first-order valence-electron chi connectivity index (χ1n) is 31.1. The van der Waals surface area contributed by atoms with E-state index in [1.54, 1.807) is 0 Å². The smallest absolute Gasteiger partial charge is 0.306 e. The summed E-state index contributed by atoms with van der Waals surface area (Å²) in [6, 6.07) is 0. The molecule has 0 spiro atoms. The van der Waals surface area contributed by atoms with E-state index in [0.717, 1.165) is 64.2 Å². The molecule has 0 saturated carbocycles. The molecule has 0 radical (unpaired) electrons. The summed E-state index contributed by atoms with van der Waals surface area (Å²) in [5.74, 6) is -0.871. The Balaban J connectivity index is 4.37. The summed E-state index contributed by atoms with van der Waals surface area (Å²) in [5, 5.41) is 0. The van der Waals surface area contributed by atoms with E-state index >= 15 is 0 Å². The monoisotopic (exact) mass is 995 g/mol. The third-order valence-electron chi connectivity index (χ3n) is 13.8. The standard InChI is InChI=1S/C65H118O6/c1-4-7-10-13-16-19-22-25-28-31-32-35-37-40-43-46-49-52-55-58-64(67)70-61-62(71-65(68)59-56-53-50-47-44-41-38-34-30-27-24-21-18-15-12-9-6-3)60-69-63(66)57-54-51-48-45-42-39-36-33-29-26-23-20-17-14-11-8-5-2/h16,19,25-30,62H,4-15,17-18,20-24,31-61H2,1-3H3/b19-16-,28-25-,29-26-,30-27-. The van der Waals surface area contributed by atoms with Crippen LogP contribution in [0.2, 0.25) is 0 Å². The lowest BCUT2D eigenvalue weighted by molar-refractivity contribution is -0.167. The second kappa shape index (κ2) is 59.9. The Bertz CT molecular complexity index is 1230. The second-order valence-corrected chi connectivity index (χ2v) is 21.0. The van der Waals surface area contributed by atoms with Crippen molar-refractivity contribution in [1.29, 1.82) is 0 Å². The minimum Gasteiger partial charge on any atom is -0.462 e. The quantitative estimate of drug-likeness (QED) is 0.0261. The molecule has 0 bridgehead atoms. The molecule has 0 aliphatic rings. The predicted octanol–water partition coefficient (Wildman–Crippen LogP) is 21.0. The Hall–Kier alpha value is -2.63. The molecular formula is C65H118O6. The van der Waals surface area contributed by atoms with Gasteiger partial charge in [0.15, 0.2) is 6.10 Å². The molecule has 0 fully saturated rings. The predicted molar refractivity (Wildman–Crippen MR) is 307 cm³/mol. The summed E-state index contributed by atoms with van der Waals surface area (Å²) >= 11 is 0. The van der Waals surface area contributed by atoms with Crippen LogP contribution < -0.4 is 0 Å². The number of rotatable bonds is 57. The maximum Gasteiger partial charge on any atom is 0.306 e. The lowest BCUT2D eigenvalue weighted by atomic mass is 10.1. The molecule has 414 valence electrons. The van der Waals surface area contributed by atoms with Crippen molar-refractivity contribution < 1.29 is 28.6 Å². The van der Waals surface area contributed by atoms with Crippen LogP contribution in [0.1, 0.15) is 329 Å². The van der Waals surface area contributed by atoms with E-state index in [1.165, 1.54) is 225 Å². The van der Waals surface area contributed by atoms with Gasteiger partial charge in [-0.2, -0.15) is 0 Å². The van der Waals surface area contributed by atoms with Crippen molar-refractivity contribution in [3.63, 3.8) is 0 Å². The van der Waals surface area contributed by atoms with Crippen LogP contribution >= 0.6 is 0 Å². The zero-order valence-corrected chi connectivity index (χ0v) is 47.5. The van der Waals surface area contributed by atoms with E-state index in [4.69, 9.17) is 14.2 Å². The highest BCUT2D eigenvalue weighted by molar-refractivity contribution is 5.71. The molecule has 0 N–H and O–H groups in total. The fourth-order valence-electron chi connectivity index (χ4n) is 9.05. The average Bonchev–Trinajstić information content (AvgIpc) is 3.37. The Morgan fingerprint density at radius 1 is 0.282 bits per heavy atom. The lowest BCUT2D eigenvalue weighted by Crippen LogP contribution is -2.30. The van der Waals surface area contributed by atoms with Gasteiger partial charge in [-0.15, -0.1) is 0 Å². The van der Waals surface area contributed by atoms with Gasteiger partial charge in [-0.1, -0.05) is 256 Å². The summed E-state index contributed by atoms with van der Waals surface area (Å²) in [4.78, 5) is 38.3. The largest absolute Gasteiger partial charge is 0.462 e. The van der Waals surface area contributed by atoms with Crippen LogP contribution in [-0.4, -0.2) is 37.2 Å². The van der Waals surface area contributed by atoms with Crippen LogP contribution in [0.5, 0.6) is 0 Å². The number of esters is 3. The van der Waals surface area contributed by atoms with Crippen LogP contribution in [0.15, 0.2) is 48.6 Å². The van der Waals surface area contributed by atoms with Gasteiger partial charge in [0.25, 0.3) is 0 Å². The van der Waals surface area contributed by atoms with E-state index in [0.29, 0.717) is 19.3 Å². The Labute approximate surface area is 441 Å². The van der Waals surface area contributed by atoms with Crippen molar-refractivity contribution in [3.05, 3.63) is 48.6 Å². The zero-order chi connectivity index (χ0) is 51.4. The molecule has 71 heavy (non-hydrogen) atoms.